The molecule has 86 valence electrons. The molecule has 1 aromatic rings. The van der Waals surface area contributed by atoms with Crippen LogP contribution in [0.15, 0.2) is 36.4 Å². The molecular weight excluding hydrogens is 218 g/mol. The fraction of sp³-hybridized carbons (Fsp3) is 0.154. The molecular formula is C13H11NO3. The van der Waals surface area contributed by atoms with E-state index in [1.165, 1.54) is 19.1 Å². The van der Waals surface area contributed by atoms with Crippen molar-refractivity contribution >= 4 is 17.6 Å². The molecule has 0 spiro atoms. The van der Waals surface area contributed by atoms with E-state index in [9.17, 15) is 14.4 Å². The molecule has 1 aromatic carbocycles. The van der Waals surface area contributed by atoms with Crippen molar-refractivity contribution in [1.82, 2.24) is 4.90 Å². The molecule has 0 radical (unpaired) electrons. The number of imide groups is 1. The third-order valence-corrected chi connectivity index (χ3v) is 2.52. The van der Waals surface area contributed by atoms with E-state index in [0.29, 0.717) is 11.1 Å². The second kappa shape index (κ2) is 4.33. The van der Waals surface area contributed by atoms with Gasteiger partial charge in [0, 0.05) is 6.54 Å². The summed E-state index contributed by atoms with van der Waals surface area (Å²) in [6, 6.07) is 6.70. The Morgan fingerprint density at radius 1 is 1.18 bits per heavy atom. The quantitative estimate of drug-likeness (QED) is 0.582. The monoisotopic (exact) mass is 229 g/mol. The van der Waals surface area contributed by atoms with Gasteiger partial charge in [0.2, 0.25) is 0 Å². The normalized spacial score (nSPS) is 14.5. The van der Waals surface area contributed by atoms with Crippen molar-refractivity contribution in [2.45, 2.75) is 6.92 Å². The molecule has 0 atom stereocenters. The zero-order valence-corrected chi connectivity index (χ0v) is 9.34. The summed E-state index contributed by atoms with van der Waals surface area (Å²) in [5, 5.41) is 0. The molecule has 0 unspecified atom stereocenters. The van der Waals surface area contributed by atoms with Crippen molar-refractivity contribution < 1.29 is 14.4 Å². The first-order chi connectivity index (χ1) is 8.11. The van der Waals surface area contributed by atoms with Crippen molar-refractivity contribution in [2.75, 3.05) is 6.54 Å². The fourth-order valence-electron chi connectivity index (χ4n) is 1.73. The Bertz CT molecular complexity index is 496. The molecule has 1 aliphatic heterocycles. The topological polar surface area (TPSA) is 54.5 Å². The average molecular weight is 229 g/mol. The van der Waals surface area contributed by atoms with Crippen LogP contribution in [-0.2, 0) is 4.79 Å². The minimum Gasteiger partial charge on any atom is -0.295 e. The minimum absolute atomic E-state index is 0.110. The number of amides is 2. The average Bonchev–Trinajstić information content (AvgIpc) is 2.54. The first kappa shape index (κ1) is 11.3. The maximum absolute atomic E-state index is 11.9. The molecule has 2 rings (SSSR count). The Labute approximate surface area is 98.5 Å². The van der Waals surface area contributed by atoms with Crippen molar-refractivity contribution in [3.8, 4) is 0 Å². The Kier molecular flexibility index (Phi) is 2.87. The van der Waals surface area contributed by atoms with Crippen LogP contribution in [0.25, 0.3) is 0 Å². The van der Waals surface area contributed by atoms with Gasteiger partial charge in [0.15, 0.2) is 5.78 Å². The maximum Gasteiger partial charge on any atom is 0.261 e. The molecule has 4 heteroatoms. The SMILES string of the molecule is CC(=O)C=CCN1C(=O)c2ccccc2C1=O. The first-order valence-corrected chi connectivity index (χ1v) is 5.23. The molecule has 0 aromatic heterocycles. The van der Waals surface area contributed by atoms with Crippen LogP contribution in [0.5, 0.6) is 0 Å². The Morgan fingerprint density at radius 2 is 1.71 bits per heavy atom. The zero-order valence-electron chi connectivity index (χ0n) is 9.34. The van der Waals surface area contributed by atoms with Gasteiger partial charge < -0.3 is 0 Å². The summed E-state index contributed by atoms with van der Waals surface area (Å²) in [7, 11) is 0. The van der Waals surface area contributed by atoms with Crippen molar-refractivity contribution in [1.29, 1.82) is 0 Å². The van der Waals surface area contributed by atoms with Gasteiger partial charge in [0.25, 0.3) is 11.8 Å². The number of hydrogen-bond donors (Lipinski definition) is 0. The number of nitrogens with zero attached hydrogens (tertiary/aromatic N) is 1. The van der Waals surface area contributed by atoms with Gasteiger partial charge in [-0.2, -0.15) is 0 Å². The molecule has 0 saturated carbocycles. The third-order valence-electron chi connectivity index (χ3n) is 2.52. The highest BCUT2D eigenvalue weighted by atomic mass is 16.2. The number of carbonyl (C=O) groups is 3. The molecule has 0 saturated heterocycles. The highest BCUT2D eigenvalue weighted by Gasteiger charge is 2.33. The number of fused-ring (bicyclic) bond motifs is 1. The number of allylic oxidation sites excluding steroid dienone is 1. The smallest absolute Gasteiger partial charge is 0.261 e. The van der Waals surface area contributed by atoms with E-state index in [-0.39, 0.29) is 24.1 Å². The van der Waals surface area contributed by atoms with E-state index < -0.39 is 0 Å². The molecule has 0 aliphatic carbocycles. The molecule has 0 fully saturated rings. The van der Waals surface area contributed by atoms with Crippen LogP contribution in [0.1, 0.15) is 27.6 Å². The Balaban J connectivity index is 2.22. The van der Waals surface area contributed by atoms with E-state index in [0.717, 1.165) is 4.90 Å². The van der Waals surface area contributed by atoms with E-state index in [1.54, 1.807) is 24.3 Å². The second-order valence-electron chi connectivity index (χ2n) is 3.78. The van der Waals surface area contributed by atoms with Crippen LogP contribution in [0, 0.1) is 0 Å². The number of hydrogen-bond acceptors (Lipinski definition) is 3. The second-order valence-corrected chi connectivity index (χ2v) is 3.78. The maximum atomic E-state index is 11.9. The van der Waals surface area contributed by atoms with Gasteiger partial charge in [-0.15, -0.1) is 0 Å². The molecule has 1 aliphatic rings. The van der Waals surface area contributed by atoms with E-state index in [2.05, 4.69) is 0 Å². The van der Waals surface area contributed by atoms with Crippen molar-refractivity contribution in [3.05, 3.63) is 47.5 Å². The van der Waals surface area contributed by atoms with Gasteiger partial charge in [-0.1, -0.05) is 18.2 Å². The van der Waals surface area contributed by atoms with E-state index >= 15 is 0 Å². The van der Waals surface area contributed by atoms with Gasteiger partial charge in [-0.05, 0) is 25.1 Å². The number of benzene rings is 1. The Morgan fingerprint density at radius 3 is 2.18 bits per heavy atom. The van der Waals surface area contributed by atoms with Crippen LogP contribution in [0.2, 0.25) is 0 Å². The standard InChI is InChI=1S/C13H11NO3/c1-9(15)5-4-8-14-12(16)10-6-2-3-7-11(10)13(14)17/h2-7H,8H2,1H3. The molecule has 0 bridgehead atoms. The molecule has 0 N–H and O–H groups in total. The predicted octanol–water partition coefficient (Wildman–Crippen LogP) is 1.43. The largest absolute Gasteiger partial charge is 0.295 e. The zero-order chi connectivity index (χ0) is 12.4. The van der Waals surface area contributed by atoms with Gasteiger partial charge >= 0.3 is 0 Å². The highest BCUT2D eigenvalue weighted by Crippen LogP contribution is 2.21. The summed E-state index contributed by atoms with van der Waals surface area (Å²) >= 11 is 0. The summed E-state index contributed by atoms with van der Waals surface area (Å²) in [6.07, 6.45) is 2.87. The lowest BCUT2D eigenvalue weighted by Crippen LogP contribution is -2.29. The van der Waals surface area contributed by atoms with Crippen LogP contribution < -0.4 is 0 Å². The number of rotatable bonds is 3. The molecule has 4 nitrogen and oxygen atoms in total. The predicted molar refractivity (Wildman–Crippen MR) is 61.6 cm³/mol. The lowest BCUT2D eigenvalue weighted by molar-refractivity contribution is -0.112. The fourth-order valence-corrected chi connectivity index (χ4v) is 1.73. The van der Waals surface area contributed by atoms with Crippen LogP contribution >= 0.6 is 0 Å². The van der Waals surface area contributed by atoms with Gasteiger partial charge in [0.1, 0.15) is 0 Å². The molecule has 2 amide bonds. The number of ketones is 1. The van der Waals surface area contributed by atoms with E-state index in [4.69, 9.17) is 0 Å². The van der Waals surface area contributed by atoms with Crippen LogP contribution in [0.4, 0.5) is 0 Å². The summed E-state index contributed by atoms with van der Waals surface area (Å²) in [5.74, 6) is -0.723. The van der Waals surface area contributed by atoms with Gasteiger partial charge in [-0.3, -0.25) is 19.3 Å². The summed E-state index contributed by atoms with van der Waals surface area (Å²) < 4.78 is 0. The third kappa shape index (κ3) is 2.01. The van der Waals surface area contributed by atoms with Crippen LogP contribution in [0.3, 0.4) is 0 Å². The molecule has 17 heavy (non-hydrogen) atoms. The van der Waals surface area contributed by atoms with E-state index in [1.807, 2.05) is 0 Å². The summed E-state index contributed by atoms with van der Waals surface area (Å²) in [6.45, 7) is 1.55. The summed E-state index contributed by atoms with van der Waals surface area (Å²) in [4.78, 5) is 35.6. The van der Waals surface area contributed by atoms with Crippen molar-refractivity contribution in [2.24, 2.45) is 0 Å². The lowest BCUT2D eigenvalue weighted by atomic mass is 10.1. The van der Waals surface area contributed by atoms with Crippen LogP contribution in [-0.4, -0.2) is 29.0 Å². The number of carbonyl (C=O) groups excluding carboxylic acids is 3. The molecule has 1 heterocycles. The minimum atomic E-state index is -0.307. The van der Waals surface area contributed by atoms with Crippen molar-refractivity contribution in [3.63, 3.8) is 0 Å². The van der Waals surface area contributed by atoms with Gasteiger partial charge in [0.05, 0.1) is 11.1 Å². The lowest BCUT2D eigenvalue weighted by Gasteiger charge is -2.09. The highest BCUT2D eigenvalue weighted by molar-refractivity contribution is 6.21. The first-order valence-electron chi connectivity index (χ1n) is 5.23. The Hall–Kier alpha value is -2.23. The van der Waals surface area contributed by atoms with Gasteiger partial charge in [-0.25, -0.2) is 0 Å². The summed E-state index contributed by atoms with van der Waals surface area (Å²) in [5.41, 5.74) is 0.849.